The molecule has 0 fully saturated rings. The van der Waals surface area contributed by atoms with Gasteiger partial charge in [-0.3, -0.25) is 4.68 Å². The molecule has 20 heavy (non-hydrogen) atoms. The molecule has 108 valence electrons. The number of nitrogens with one attached hydrogen (secondary N) is 1. The molecule has 0 bridgehead atoms. The van der Waals surface area contributed by atoms with E-state index in [2.05, 4.69) is 24.3 Å². The highest BCUT2D eigenvalue weighted by Gasteiger charge is 2.13. The van der Waals surface area contributed by atoms with Crippen molar-refractivity contribution in [2.45, 2.75) is 39.9 Å². The van der Waals surface area contributed by atoms with Gasteiger partial charge in [0.15, 0.2) is 0 Å². The number of nitrogens with zero attached hydrogens (tertiary/aromatic N) is 2. The average molecular weight is 312 g/mol. The molecule has 2 aromatic rings. The highest BCUT2D eigenvalue weighted by Crippen LogP contribution is 2.22. The maximum absolute atomic E-state index is 6.30. The van der Waals surface area contributed by atoms with Crippen LogP contribution in [0, 0.1) is 6.92 Å². The van der Waals surface area contributed by atoms with E-state index in [-0.39, 0.29) is 6.04 Å². The summed E-state index contributed by atoms with van der Waals surface area (Å²) in [6.45, 7) is 7.63. The third-order valence-corrected chi connectivity index (χ3v) is 4.14. The van der Waals surface area contributed by atoms with Gasteiger partial charge in [-0.2, -0.15) is 5.10 Å². The van der Waals surface area contributed by atoms with Gasteiger partial charge in [0.25, 0.3) is 0 Å². The molecule has 0 amide bonds. The van der Waals surface area contributed by atoms with E-state index in [1.54, 1.807) is 0 Å². The molecule has 1 atom stereocenters. The predicted molar refractivity (Wildman–Crippen MR) is 84.4 cm³/mol. The lowest BCUT2D eigenvalue weighted by Crippen LogP contribution is -2.20. The summed E-state index contributed by atoms with van der Waals surface area (Å²) in [5.74, 6) is 0. The Morgan fingerprint density at radius 1 is 1.25 bits per heavy atom. The van der Waals surface area contributed by atoms with Gasteiger partial charge in [0.05, 0.1) is 16.4 Å². The molecule has 1 aromatic heterocycles. The first kappa shape index (κ1) is 15.4. The fourth-order valence-electron chi connectivity index (χ4n) is 2.16. The van der Waals surface area contributed by atoms with E-state index in [0.29, 0.717) is 6.54 Å². The van der Waals surface area contributed by atoms with Crippen molar-refractivity contribution in [3.63, 3.8) is 0 Å². The Morgan fingerprint density at radius 3 is 2.50 bits per heavy atom. The van der Waals surface area contributed by atoms with Crippen LogP contribution in [0.2, 0.25) is 10.0 Å². The largest absolute Gasteiger partial charge is 0.305 e. The molecular formula is C15H19Cl2N3. The van der Waals surface area contributed by atoms with E-state index in [4.69, 9.17) is 23.2 Å². The molecule has 5 heteroatoms. The third-order valence-electron chi connectivity index (χ3n) is 3.40. The van der Waals surface area contributed by atoms with Gasteiger partial charge in [0.1, 0.15) is 0 Å². The van der Waals surface area contributed by atoms with Crippen LogP contribution in [-0.4, -0.2) is 9.78 Å². The van der Waals surface area contributed by atoms with Crippen LogP contribution >= 0.6 is 23.2 Å². The SMILES string of the molecule is CCn1nc(C)c(Cl)c1CNC(C)c1ccc(Cl)cc1. The minimum atomic E-state index is 0.226. The number of hydrogen-bond donors (Lipinski definition) is 1. The lowest BCUT2D eigenvalue weighted by Gasteiger charge is -2.15. The van der Waals surface area contributed by atoms with E-state index in [9.17, 15) is 0 Å². The summed E-state index contributed by atoms with van der Waals surface area (Å²) in [4.78, 5) is 0. The number of rotatable bonds is 5. The van der Waals surface area contributed by atoms with Crippen molar-refractivity contribution in [3.8, 4) is 0 Å². The van der Waals surface area contributed by atoms with Crippen LogP contribution in [0.1, 0.15) is 36.8 Å². The first-order valence-corrected chi connectivity index (χ1v) is 7.49. The van der Waals surface area contributed by atoms with Crippen molar-refractivity contribution < 1.29 is 0 Å². The van der Waals surface area contributed by atoms with Crippen molar-refractivity contribution in [3.05, 3.63) is 51.3 Å². The molecule has 1 heterocycles. The standard InChI is InChI=1S/C15H19Cl2N3/c1-4-20-14(15(17)11(3)19-20)9-18-10(2)12-5-7-13(16)8-6-12/h5-8,10,18H,4,9H2,1-3H3. The Labute approximate surface area is 129 Å². The van der Waals surface area contributed by atoms with Gasteiger partial charge in [-0.25, -0.2) is 0 Å². The number of aromatic nitrogens is 2. The second kappa shape index (κ2) is 6.61. The normalized spacial score (nSPS) is 12.7. The van der Waals surface area contributed by atoms with Crippen molar-refractivity contribution in [2.24, 2.45) is 0 Å². The summed E-state index contributed by atoms with van der Waals surface area (Å²) in [7, 11) is 0. The zero-order valence-corrected chi connectivity index (χ0v) is 13.5. The summed E-state index contributed by atoms with van der Waals surface area (Å²) in [6, 6.07) is 8.10. The molecule has 0 spiro atoms. The van der Waals surface area contributed by atoms with Crippen LogP contribution in [0.15, 0.2) is 24.3 Å². The smallest absolute Gasteiger partial charge is 0.0860 e. The van der Waals surface area contributed by atoms with Gasteiger partial charge in [-0.1, -0.05) is 35.3 Å². The summed E-state index contributed by atoms with van der Waals surface area (Å²) in [6.07, 6.45) is 0. The van der Waals surface area contributed by atoms with Gasteiger partial charge in [0.2, 0.25) is 0 Å². The Hall–Kier alpha value is -1.03. The Kier molecular flexibility index (Phi) is 5.08. The van der Waals surface area contributed by atoms with Crippen molar-refractivity contribution >= 4 is 23.2 Å². The molecular weight excluding hydrogens is 293 g/mol. The Bertz CT molecular complexity index is 576. The van der Waals surface area contributed by atoms with Crippen LogP contribution in [-0.2, 0) is 13.1 Å². The molecule has 0 aliphatic heterocycles. The first-order chi connectivity index (χ1) is 9.52. The van der Waals surface area contributed by atoms with Gasteiger partial charge < -0.3 is 5.32 Å². The Balaban J connectivity index is 2.07. The highest BCUT2D eigenvalue weighted by molar-refractivity contribution is 6.31. The molecule has 1 aromatic carbocycles. The molecule has 0 aliphatic carbocycles. The number of hydrogen-bond acceptors (Lipinski definition) is 2. The van der Waals surface area contributed by atoms with Crippen LogP contribution in [0.4, 0.5) is 0 Å². The molecule has 1 unspecified atom stereocenters. The summed E-state index contributed by atoms with van der Waals surface area (Å²) >= 11 is 12.2. The number of halogens is 2. The summed E-state index contributed by atoms with van der Waals surface area (Å²) in [5, 5.41) is 9.40. The second-order valence-corrected chi connectivity index (χ2v) is 5.63. The van der Waals surface area contributed by atoms with Crippen molar-refractivity contribution in [1.29, 1.82) is 0 Å². The molecule has 0 aliphatic rings. The van der Waals surface area contributed by atoms with Crippen molar-refractivity contribution in [1.82, 2.24) is 15.1 Å². The lowest BCUT2D eigenvalue weighted by atomic mass is 10.1. The van der Waals surface area contributed by atoms with Crippen molar-refractivity contribution in [2.75, 3.05) is 0 Å². The molecule has 0 saturated carbocycles. The molecule has 1 N–H and O–H groups in total. The van der Waals surface area contributed by atoms with Crippen LogP contribution in [0.3, 0.4) is 0 Å². The molecule has 0 saturated heterocycles. The minimum Gasteiger partial charge on any atom is -0.305 e. The van der Waals surface area contributed by atoms with Gasteiger partial charge in [-0.05, 0) is 38.5 Å². The zero-order chi connectivity index (χ0) is 14.7. The zero-order valence-electron chi connectivity index (χ0n) is 12.0. The van der Waals surface area contributed by atoms with Crippen LogP contribution in [0.5, 0.6) is 0 Å². The molecule has 2 rings (SSSR count). The van der Waals surface area contributed by atoms with Gasteiger partial charge in [-0.15, -0.1) is 0 Å². The topological polar surface area (TPSA) is 29.9 Å². The quantitative estimate of drug-likeness (QED) is 0.888. The maximum Gasteiger partial charge on any atom is 0.0860 e. The fourth-order valence-corrected chi connectivity index (χ4v) is 2.49. The van der Waals surface area contributed by atoms with Crippen LogP contribution in [0.25, 0.3) is 0 Å². The predicted octanol–water partition coefficient (Wildman–Crippen LogP) is 4.37. The third kappa shape index (κ3) is 3.35. The summed E-state index contributed by atoms with van der Waals surface area (Å²) < 4.78 is 1.94. The van der Waals surface area contributed by atoms with E-state index >= 15 is 0 Å². The van der Waals surface area contributed by atoms with Gasteiger partial charge in [0, 0.05) is 24.2 Å². The maximum atomic E-state index is 6.30. The van der Waals surface area contributed by atoms with E-state index < -0.39 is 0 Å². The monoisotopic (exact) mass is 311 g/mol. The van der Waals surface area contributed by atoms with E-state index in [1.165, 1.54) is 5.56 Å². The minimum absolute atomic E-state index is 0.226. The molecule has 3 nitrogen and oxygen atoms in total. The molecule has 0 radical (unpaired) electrons. The fraction of sp³-hybridized carbons (Fsp3) is 0.400. The van der Waals surface area contributed by atoms with Gasteiger partial charge >= 0.3 is 0 Å². The van der Waals surface area contributed by atoms with Crippen LogP contribution < -0.4 is 5.32 Å². The summed E-state index contributed by atoms with van der Waals surface area (Å²) in [5.41, 5.74) is 3.11. The highest BCUT2D eigenvalue weighted by atomic mass is 35.5. The number of benzene rings is 1. The number of aryl methyl sites for hydroxylation is 2. The Morgan fingerprint density at radius 2 is 1.90 bits per heavy atom. The lowest BCUT2D eigenvalue weighted by molar-refractivity contribution is 0.531. The average Bonchev–Trinajstić information content (AvgIpc) is 2.72. The second-order valence-electron chi connectivity index (χ2n) is 4.82. The van der Waals surface area contributed by atoms with E-state index in [1.807, 2.05) is 35.9 Å². The first-order valence-electron chi connectivity index (χ1n) is 6.73. The van der Waals surface area contributed by atoms with E-state index in [0.717, 1.165) is 28.0 Å².